The fourth-order valence-electron chi connectivity index (χ4n) is 3.76. The molecule has 1 N–H and O–H groups in total. The van der Waals surface area contributed by atoms with Gasteiger partial charge in [0, 0.05) is 41.0 Å². The number of carboxylic acids is 1. The van der Waals surface area contributed by atoms with E-state index in [-0.39, 0.29) is 23.6 Å². The number of hydrogen-bond donors (Lipinski definition) is 1. The lowest BCUT2D eigenvalue weighted by Gasteiger charge is -2.12. The van der Waals surface area contributed by atoms with Crippen LogP contribution in [0.4, 0.5) is 0 Å². The molecular formula is C22H19ClN2O5S. The number of hydrogen-bond acceptors (Lipinski definition) is 4. The Hall–Kier alpha value is -3.10. The van der Waals surface area contributed by atoms with E-state index in [0.29, 0.717) is 38.9 Å². The van der Waals surface area contributed by atoms with E-state index in [2.05, 4.69) is 0 Å². The first kappa shape index (κ1) is 21.1. The summed E-state index contributed by atoms with van der Waals surface area (Å²) < 4.78 is 30.0. The number of aromatic nitrogens is 2. The number of carboxylic acid groups (broad SMARTS) is 1. The summed E-state index contributed by atoms with van der Waals surface area (Å²) >= 11 is 6.08. The van der Waals surface area contributed by atoms with Crippen LogP contribution < -0.4 is 0 Å². The molecule has 0 radical (unpaired) electrons. The van der Waals surface area contributed by atoms with E-state index in [1.807, 2.05) is 0 Å². The van der Waals surface area contributed by atoms with Crippen molar-refractivity contribution in [3.63, 3.8) is 0 Å². The van der Waals surface area contributed by atoms with Crippen molar-refractivity contribution in [2.75, 3.05) is 0 Å². The van der Waals surface area contributed by atoms with Crippen molar-refractivity contribution in [1.29, 1.82) is 0 Å². The van der Waals surface area contributed by atoms with Crippen molar-refractivity contribution in [2.45, 2.75) is 31.1 Å². The Bertz CT molecular complexity index is 1450. The van der Waals surface area contributed by atoms with Gasteiger partial charge in [-0.2, -0.15) is 0 Å². The number of nitrogens with zero attached hydrogens (tertiary/aromatic N) is 2. The Balaban J connectivity index is 1.86. The highest BCUT2D eigenvalue weighted by atomic mass is 35.5. The van der Waals surface area contributed by atoms with Crippen molar-refractivity contribution in [2.24, 2.45) is 0 Å². The molecule has 2 heterocycles. The van der Waals surface area contributed by atoms with E-state index in [1.54, 1.807) is 42.6 Å². The molecule has 0 aliphatic heterocycles. The number of benzene rings is 2. The Morgan fingerprint density at radius 2 is 1.74 bits per heavy atom. The fraction of sp³-hybridized carbons (Fsp3) is 0.182. The maximum atomic E-state index is 13.6. The van der Waals surface area contributed by atoms with Gasteiger partial charge in [0.25, 0.3) is 10.0 Å². The zero-order valence-electron chi connectivity index (χ0n) is 16.6. The third kappa shape index (κ3) is 3.84. The van der Waals surface area contributed by atoms with Gasteiger partial charge >= 0.3 is 5.97 Å². The van der Waals surface area contributed by atoms with Crippen molar-refractivity contribution in [1.82, 2.24) is 8.54 Å². The molecule has 0 amide bonds. The number of carbonyl (C=O) groups is 2. The highest BCUT2D eigenvalue weighted by Crippen LogP contribution is 2.30. The second-order valence-corrected chi connectivity index (χ2v) is 9.50. The molecule has 2 aromatic heterocycles. The van der Waals surface area contributed by atoms with Gasteiger partial charge in [0.15, 0.2) is 0 Å². The minimum Gasteiger partial charge on any atom is -0.481 e. The number of carbonyl (C=O) groups excluding carboxylic acids is 1. The van der Waals surface area contributed by atoms with E-state index in [4.69, 9.17) is 16.7 Å². The zero-order chi connectivity index (χ0) is 22.3. The summed E-state index contributed by atoms with van der Waals surface area (Å²) in [7, 11) is -3.99. The molecule has 0 atom stereocenters. The third-order valence-electron chi connectivity index (χ3n) is 5.15. The molecule has 0 saturated carbocycles. The van der Waals surface area contributed by atoms with Gasteiger partial charge in [0.05, 0.1) is 15.9 Å². The Morgan fingerprint density at radius 3 is 2.45 bits per heavy atom. The van der Waals surface area contributed by atoms with Gasteiger partial charge in [-0.3, -0.25) is 14.2 Å². The largest absolute Gasteiger partial charge is 0.481 e. The van der Waals surface area contributed by atoms with Gasteiger partial charge in [0.2, 0.25) is 5.91 Å². The average Bonchev–Trinajstić information content (AvgIpc) is 3.28. The van der Waals surface area contributed by atoms with Crippen LogP contribution in [0.3, 0.4) is 0 Å². The lowest BCUT2D eigenvalue weighted by atomic mass is 10.2. The molecule has 4 rings (SSSR count). The molecule has 2 aromatic carbocycles. The summed E-state index contributed by atoms with van der Waals surface area (Å²) in [6, 6.07) is 13.0. The van der Waals surface area contributed by atoms with Crippen LogP contribution in [0.2, 0.25) is 5.02 Å². The lowest BCUT2D eigenvalue weighted by molar-refractivity contribution is -0.137. The van der Waals surface area contributed by atoms with Gasteiger partial charge < -0.3 is 5.11 Å². The summed E-state index contributed by atoms with van der Waals surface area (Å²) in [4.78, 5) is 22.7. The summed E-state index contributed by atoms with van der Waals surface area (Å²) in [5.74, 6) is -1.10. The van der Waals surface area contributed by atoms with Gasteiger partial charge in [-0.25, -0.2) is 12.4 Å². The first-order valence-electron chi connectivity index (χ1n) is 9.58. The number of rotatable bonds is 6. The molecule has 0 bridgehead atoms. The van der Waals surface area contributed by atoms with Crippen LogP contribution in [0.5, 0.6) is 0 Å². The van der Waals surface area contributed by atoms with Crippen LogP contribution in [-0.2, 0) is 21.2 Å². The zero-order valence-corrected chi connectivity index (χ0v) is 18.2. The predicted octanol–water partition coefficient (Wildman–Crippen LogP) is 4.55. The standard InChI is InChI=1S/C22H19ClN2O5S/c1-14(26)24-10-9-15-13-19(6-8-20(15)24)31(29,30)25-18(3-2-4-22(27)28)12-16-11-17(23)5-7-21(16)25/h5-13H,2-4H2,1H3,(H,27,28). The van der Waals surface area contributed by atoms with E-state index < -0.39 is 16.0 Å². The van der Waals surface area contributed by atoms with E-state index in [0.717, 1.165) is 0 Å². The predicted molar refractivity (Wildman–Crippen MR) is 118 cm³/mol. The van der Waals surface area contributed by atoms with Crippen molar-refractivity contribution < 1.29 is 23.1 Å². The average molecular weight is 459 g/mol. The van der Waals surface area contributed by atoms with E-state index in [9.17, 15) is 18.0 Å². The Kier molecular flexibility index (Phi) is 5.36. The molecule has 9 heteroatoms. The van der Waals surface area contributed by atoms with Crippen LogP contribution >= 0.6 is 11.6 Å². The molecule has 0 aliphatic carbocycles. The lowest BCUT2D eigenvalue weighted by Crippen LogP contribution is -2.16. The molecule has 160 valence electrons. The molecule has 31 heavy (non-hydrogen) atoms. The second kappa shape index (κ2) is 7.86. The molecular weight excluding hydrogens is 440 g/mol. The summed E-state index contributed by atoms with van der Waals surface area (Å²) in [5.41, 5.74) is 1.58. The first-order chi connectivity index (χ1) is 14.7. The minimum atomic E-state index is -3.99. The van der Waals surface area contributed by atoms with Crippen LogP contribution in [0.25, 0.3) is 21.8 Å². The Labute approximate surface area is 183 Å². The summed E-state index contributed by atoms with van der Waals surface area (Å²) in [5, 5.41) is 10.7. The Morgan fingerprint density at radius 1 is 1.00 bits per heavy atom. The second-order valence-electron chi connectivity index (χ2n) is 7.28. The SMILES string of the molecule is CC(=O)n1ccc2cc(S(=O)(=O)n3c(CCCC(=O)O)cc4cc(Cl)ccc43)ccc21. The van der Waals surface area contributed by atoms with Gasteiger partial charge in [0.1, 0.15) is 0 Å². The van der Waals surface area contributed by atoms with Crippen molar-refractivity contribution in [3.05, 3.63) is 65.4 Å². The molecule has 0 fully saturated rings. The molecule has 7 nitrogen and oxygen atoms in total. The maximum absolute atomic E-state index is 13.6. The van der Waals surface area contributed by atoms with E-state index >= 15 is 0 Å². The van der Waals surface area contributed by atoms with Gasteiger partial charge in [-0.1, -0.05) is 11.6 Å². The maximum Gasteiger partial charge on any atom is 0.303 e. The third-order valence-corrected chi connectivity index (χ3v) is 7.15. The normalized spacial score (nSPS) is 11.9. The topological polar surface area (TPSA) is 98.4 Å². The van der Waals surface area contributed by atoms with Crippen LogP contribution in [0.15, 0.2) is 59.6 Å². The van der Waals surface area contributed by atoms with Crippen LogP contribution in [-0.4, -0.2) is 33.9 Å². The fourth-order valence-corrected chi connectivity index (χ4v) is 5.54. The van der Waals surface area contributed by atoms with Crippen LogP contribution in [0, 0.1) is 0 Å². The minimum absolute atomic E-state index is 0.0626. The monoisotopic (exact) mass is 458 g/mol. The first-order valence-corrected chi connectivity index (χ1v) is 11.4. The van der Waals surface area contributed by atoms with Crippen molar-refractivity contribution >= 4 is 55.3 Å². The number of halogens is 1. The van der Waals surface area contributed by atoms with Gasteiger partial charge in [-0.15, -0.1) is 0 Å². The van der Waals surface area contributed by atoms with Gasteiger partial charge in [-0.05, 0) is 61.4 Å². The molecule has 0 spiro atoms. The highest BCUT2D eigenvalue weighted by Gasteiger charge is 2.24. The molecule has 0 unspecified atom stereocenters. The number of aryl methyl sites for hydroxylation is 1. The summed E-state index contributed by atoms with van der Waals surface area (Å²) in [6.45, 7) is 1.44. The van der Waals surface area contributed by atoms with Crippen LogP contribution in [0.1, 0.15) is 30.3 Å². The highest BCUT2D eigenvalue weighted by molar-refractivity contribution is 7.90. The number of aliphatic carboxylic acids is 1. The molecule has 0 aliphatic rings. The number of fused-ring (bicyclic) bond motifs is 2. The molecule has 4 aromatic rings. The summed E-state index contributed by atoms with van der Waals surface area (Å²) in [6.07, 6.45) is 2.12. The van der Waals surface area contributed by atoms with E-state index in [1.165, 1.54) is 27.6 Å². The van der Waals surface area contributed by atoms with Crippen molar-refractivity contribution in [3.8, 4) is 0 Å². The smallest absolute Gasteiger partial charge is 0.303 e. The quantitative estimate of drug-likeness (QED) is 0.457. The molecule has 0 saturated heterocycles.